The summed E-state index contributed by atoms with van der Waals surface area (Å²) in [6.07, 6.45) is 2.90. The van der Waals surface area contributed by atoms with Crippen molar-refractivity contribution in [2.45, 2.75) is 31.4 Å². The van der Waals surface area contributed by atoms with Crippen LogP contribution in [0.3, 0.4) is 0 Å². The van der Waals surface area contributed by atoms with Gasteiger partial charge in [0.15, 0.2) is 14.6 Å². The molecule has 0 saturated heterocycles. The van der Waals surface area contributed by atoms with Crippen LogP contribution in [-0.4, -0.2) is 43.1 Å². The molecule has 0 aliphatic rings. The number of hydrogen-bond donors (Lipinski definition) is 0. The van der Waals surface area contributed by atoms with Crippen LogP contribution in [0.2, 0.25) is 0 Å². The zero-order valence-corrected chi connectivity index (χ0v) is 17.9. The van der Waals surface area contributed by atoms with Gasteiger partial charge in [-0.1, -0.05) is 24.3 Å². The molecule has 9 heteroatoms. The van der Waals surface area contributed by atoms with E-state index in [1.54, 1.807) is 49.4 Å². The van der Waals surface area contributed by atoms with Crippen LogP contribution in [0.1, 0.15) is 31.4 Å². The number of ether oxygens (including phenoxy) is 1. The van der Waals surface area contributed by atoms with Gasteiger partial charge in [0.2, 0.25) is 0 Å². The molecule has 0 saturated carbocycles. The Morgan fingerprint density at radius 2 is 1.83 bits per heavy atom. The number of aliphatic imine (C=N–C) groups is 1. The van der Waals surface area contributed by atoms with Gasteiger partial charge in [-0.25, -0.2) is 8.42 Å². The van der Waals surface area contributed by atoms with E-state index in [4.69, 9.17) is 4.74 Å². The second-order valence-electron chi connectivity index (χ2n) is 6.96. The normalized spacial score (nSPS) is 13.7. The van der Waals surface area contributed by atoms with E-state index >= 15 is 0 Å². The van der Waals surface area contributed by atoms with Crippen LogP contribution in [0, 0.1) is 10.1 Å². The number of carbonyl (C=O) groups is 1. The largest absolute Gasteiger partial charge is 0.465 e. The number of carbonyl (C=O) groups excluding carboxylic acids is 1. The zero-order chi connectivity index (χ0) is 22.4. The second kappa shape index (κ2) is 9.62. The molecule has 0 fully saturated rings. The molecular formula is C21H24N2O6S. The molecule has 2 aromatic carbocycles. The van der Waals surface area contributed by atoms with Gasteiger partial charge in [0.25, 0.3) is 5.69 Å². The second-order valence-corrected chi connectivity index (χ2v) is 9.41. The first-order chi connectivity index (χ1) is 14.1. The van der Waals surface area contributed by atoms with Crippen molar-refractivity contribution < 1.29 is 22.9 Å². The third kappa shape index (κ3) is 5.50. The number of para-hydroxylation sites is 1. The van der Waals surface area contributed by atoms with Crippen molar-refractivity contribution in [3.63, 3.8) is 0 Å². The maximum atomic E-state index is 12.2. The van der Waals surface area contributed by atoms with E-state index < -0.39 is 25.5 Å². The lowest BCUT2D eigenvalue weighted by Gasteiger charge is -2.25. The van der Waals surface area contributed by atoms with Gasteiger partial charge in [-0.15, -0.1) is 0 Å². The Labute approximate surface area is 175 Å². The predicted octanol–water partition coefficient (Wildman–Crippen LogP) is 3.64. The maximum Gasteiger partial charge on any atom is 0.327 e. The number of esters is 1. The molecule has 1 atom stereocenters. The van der Waals surface area contributed by atoms with Crippen molar-refractivity contribution >= 4 is 33.4 Å². The van der Waals surface area contributed by atoms with Gasteiger partial charge >= 0.3 is 5.97 Å². The van der Waals surface area contributed by atoms with Crippen LogP contribution >= 0.6 is 0 Å². The van der Waals surface area contributed by atoms with Crippen molar-refractivity contribution in [1.82, 2.24) is 0 Å². The van der Waals surface area contributed by atoms with Gasteiger partial charge in [0.05, 0.1) is 22.8 Å². The van der Waals surface area contributed by atoms with E-state index in [0.29, 0.717) is 17.7 Å². The number of rotatable bonds is 9. The highest BCUT2D eigenvalue weighted by molar-refractivity contribution is 7.92. The Morgan fingerprint density at radius 1 is 1.20 bits per heavy atom. The minimum atomic E-state index is -3.67. The Bertz CT molecular complexity index is 1050. The minimum absolute atomic E-state index is 0.0307. The summed E-state index contributed by atoms with van der Waals surface area (Å²) >= 11 is 0. The predicted molar refractivity (Wildman–Crippen MR) is 115 cm³/mol. The summed E-state index contributed by atoms with van der Waals surface area (Å²) in [6, 6.07) is 13.3. The molecule has 8 nitrogen and oxygen atoms in total. The lowest BCUT2D eigenvalue weighted by Crippen LogP contribution is -2.44. The number of benzene rings is 2. The fourth-order valence-electron chi connectivity index (χ4n) is 2.76. The fourth-order valence-corrected chi connectivity index (χ4v) is 3.60. The monoisotopic (exact) mass is 432 g/mol. The third-order valence-electron chi connectivity index (χ3n) is 4.84. The smallest absolute Gasteiger partial charge is 0.327 e. The van der Waals surface area contributed by atoms with Crippen LogP contribution in [0.4, 0.5) is 11.4 Å². The highest BCUT2D eigenvalue weighted by Crippen LogP contribution is 2.26. The summed E-state index contributed by atoms with van der Waals surface area (Å²) in [4.78, 5) is 27.1. The number of aryl methyl sites for hydroxylation is 1. The number of nitro groups is 1. The molecule has 0 N–H and O–H groups in total. The molecule has 0 amide bonds. The van der Waals surface area contributed by atoms with E-state index in [-0.39, 0.29) is 18.7 Å². The van der Waals surface area contributed by atoms with Gasteiger partial charge in [-0.2, -0.15) is 0 Å². The summed E-state index contributed by atoms with van der Waals surface area (Å²) < 4.78 is 27.7. The molecule has 2 aromatic rings. The molecule has 1 unspecified atom stereocenters. The van der Waals surface area contributed by atoms with E-state index in [0.717, 1.165) is 11.8 Å². The molecular weight excluding hydrogens is 408 g/mol. The van der Waals surface area contributed by atoms with Crippen LogP contribution in [-0.2, 0) is 25.8 Å². The number of nitrogens with zero attached hydrogens (tertiary/aromatic N) is 2. The molecule has 2 rings (SSSR count). The standard InChI is InChI=1S/C21H24N2O6S/c1-4-29-20(24)21(2,30(3,27)28)14-13-16-9-11-18(12-10-16)22-15-17-7-5-6-8-19(17)23(25)26/h5-12,15H,4,13-14H2,1-3H3. The van der Waals surface area contributed by atoms with E-state index in [1.807, 2.05) is 0 Å². The molecule has 0 heterocycles. The summed E-state index contributed by atoms with van der Waals surface area (Å²) in [7, 11) is -3.67. The number of hydrogen-bond acceptors (Lipinski definition) is 7. The van der Waals surface area contributed by atoms with Gasteiger partial charge in [0.1, 0.15) is 0 Å². The first-order valence-corrected chi connectivity index (χ1v) is 11.2. The van der Waals surface area contributed by atoms with Crippen molar-refractivity contribution in [3.05, 3.63) is 69.8 Å². The SMILES string of the molecule is CCOC(=O)C(C)(CCc1ccc(N=Cc2ccccc2[N+](=O)[O-])cc1)S(C)(=O)=O. The molecule has 0 radical (unpaired) electrons. The highest BCUT2D eigenvalue weighted by Gasteiger charge is 2.44. The molecule has 0 aliphatic heterocycles. The summed E-state index contributed by atoms with van der Waals surface area (Å²) in [5.74, 6) is -0.752. The fraction of sp³-hybridized carbons (Fsp3) is 0.333. The van der Waals surface area contributed by atoms with Gasteiger partial charge in [-0.3, -0.25) is 19.9 Å². The molecule has 0 spiro atoms. The first-order valence-electron chi connectivity index (χ1n) is 9.31. The Balaban J connectivity index is 2.13. The maximum absolute atomic E-state index is 12.2. The Hall–Kier alpha value is -3.07. The van der Waals surface area contributed by atoms with Crippen LogP contribution in [0.15, 0.2) is 53.5 Å². The quantitative estimate of drug-likeness (QED) is 0.258. The van der Waals surface area contributed by atoms with Gasteiger partial charge in [-0.05, 0) is 50.5 Å². The van der Waals surface area contributed by atoms with Crippen molar-refractivity contribution in [1.29, 1.82) is 0 Å². The highest BCUT2D eigenvalue weighted by atomic mass is 32.2. The van der Waals surface area contributed by atoms with Crippen LogP contribution in [0.25, 0.3) is 0 Å². The summed E-state index contributed by atoms with van der Waals surface area (Å²) in [5.41, 5.74) is 1.79. The average Bonchev–Trinajstić information content (AvgIpc) is 2.70. The summed E-state index contributed by atoms with van der Waals surface area (Å²) in [5, 5.41) is 11.1. The lowest BCUT2D eigenvalue weighted by molar-refractivity contribution is -0.385. The zero-order valence-electron chi connectivity index (χ0n) is 17.1. The number of nitro benzene ring substituents is 1. The summed E-state index contributed by atoms with van der Waals surface area (Å²) in [6.45, 7) is 3.12. The van der Waals surface area contributed by atoms with Crippen LogP contribution in [0.5, 0.6) is 0 Å². The molecule has 0 aromatic heterocycles. The van der Waals surface area contributed by atoms with Crippen LogP contribution < -0.4 is 0 Å². The molecule has 0 aliphatic carbocycles. The molecule has 0 bridgehead atoms. The Morgan fingerprint density at radius 3 is 2.40 bits per heavy atom. The third-order valence-corrected chi connectivity index (χ3v) is 6.85. The number of sulfone groups is 1. The van der Waals surface area contributed by atoms with Crippen molar-refractivity contribution in [2.75, 3.05) is 12.9 Å². The van der Waals surface area contributed by atoms with E-state index in [1.165, 1.54) is 19.2 Å². The van der Waals surface area contributed by atoms with Crippen molar-refractivity contribution in [2.24, 2.45) is 4.99 Å². The van der Waals surface area contributed by atoms with E-state index in [2.05, 4.69) is 4.99 Å². The lowest BCUT2D eigenvalue weighted by atomic mass is 10.00. The average molecular weight is 432 g/mol. The molecule has 30 heavy (non-hydrogen) atoms. The topological polar surface area (TPSA) is 116 Å². The van der Waals surface area contributed by atoms with E-state index in [9.17, 15) is 23.3 Å². The van der Waals surface area contributed by atoms with Gasteiger partial charge < -0.3 is 4.74 Å². The Kier molecular flexibility index (Phi) is 7.44. The molecule has 160 valence electrons. The van der Waals surface area contributed by atoms with Gasteiger partial charge in [0, 0.05) is 18.5 Å². The van der Waals surface area contributed by atoms with Crippen molar-refractivity contribution in [3.8, 4) is 0 Å². The minimum Gasteiger partial charge on any atom is -0.465 e. The first kappa shape index (κ1) is 23.2.